The first-order valence-electron chi connectivity index (χ1n) is 12.3. The van der Waals surface area contributed by atoms with E-state index in [1.165, 1.54) is 0 Å². The lowest BCUT2D eigenvalue weighted by molar-refractivity contribution is -0.118. The van der Waals surface area contributed by atoms with Crippen molar-refractivity contribution in [3.8, 4) is 0 Å². The molecular weight excluding hydrogens is 494 g/mol. The zero-order valence-electron chi connectivity index (χ0n) is 20.4. The largest absolute Gasteiger partial charge is 0.376 e. The zero-order chi connectivity index (χ0) is 25.2. The maximum atomic E-state index is 12.2. The van der Waals surface area contributed by atoms with Gasteiger partial charge in [-0.05, 0) is 67.5 Å². The number of anilines is 2. The standard InChI is InChI=1S/C27H30ClN5O2S/c1-17(2)26(34)30-21-11-10-18(15-20(21)28)33-25(24(31-27(33)36)22-8-3-4-12-29-22)23-9-5-13-32(23)16-19-7-6-14-35-19/h3-5,8-13,15,17,19,24-25H,6-7,14,16H2,1-2H3,(H,30,34)(H,31,36)/t19-,24-,25-/m0/s1. The van der Waals surface area contributed by atoms with Gasteiger partial charge in [-0.1, -0.05) is 31.5 Å². The van der Waals surface area contributed by atoms with Gasteiger partial charge in [0.25, 0.3) is 0 Å². The first-order chi connectivity index (χ1) is 17.4. The summed E-state index contributed by atoms with van der Waals surface area (Å²) in [5.74, 6) is -0.223. The van der Waals surface area contributed by atoms with E-state index in [9.17, 15) is 4.79 Å². The second-order valence-corrected chi connectivity index (χ2v) is 10.3. The number of ether oxygens (including phenoxy) is 1. The molecule has 2 aliphatic rings. The summed E-state index contributed by atoms with van der Waals surface area (Å²) in [7, 11) is 0. The number of hydrogen-bond donors (Lipinski definition) is 2. The van der Waals surface area contributed by atoms with E-state index in [1.807, 2.05) is 50.2 Å². The smallest absolute Gasteiger partial charge is 0.226 e. The van der Waals surface area contributed by atoms with Crippen LogP contribution in [0.1, 0.15) is 50.2 Å². The number of amides is 1. The molecule has 5 rings (SSSR count). The zero-order valence-corrected chi connectivity index (χ0v) is 21.9. The molecule has 0 unspecified atom stereocenters. The minimum absolute atomic E-state index is 0.0805. The van der Waals surface area contributed by atoms with Crippen LogP contribution in [-0.4, -0.2) is 33.3 Å². The molecule has 4 heterocycles. The van der Waals surface area contributed by atoms with Crippen molar-refractivity contribution in [1.29, 1.82) is 0 Å². The van der Waals surface area contributed by atoms with Crippen LogP contribution in [0.25, 0.3) is 0 Å². The number of rotatable bonds is 7. The van der Waals surface area contributed by atoms with Gasteiger partial charge in [0.05, 0.1) is 28.5 Å². The fourth-order valence-corrected chi connectivity index (χ4v) is 5.40. The molecular formula is C27H30ClN5O2S. The SMILES string of the molecule is CC(C)C(=O)Nc1ccc(N2C(=S)N[C@@H](c3ccccn3)[C@@H]2c2cccn2C[C@@H]2CCCO2)cc1Cl. The van der Waals surface area contributed by atoms with Crippen LogP contribution in [0.4, 0.5) is 11.4 Å². The Morgan fingerprint density at radius 2 is 2.14 bits per heavy atom. The summed E-state index contributed by atoms with van der Waals surface area (Å²) in [6.45, 7) is 5.30. The van der Waals surface area contributed by atoms with Gasteiger partial charge in [-0.15, -0.1) is 0 Å². The number of halogens is 1. The summed E-state index contributed by atoms with van der Waals surface area (Å²) in [5.41, 5.74) is 3.44. The molecule has 0 bridgehead atoms. The van der Waals surface area contributed by atoms with Crippen LogP contribution in [-0.2, 0) is 16.1 Å². The summed E-state index contributed by atoms with van der Waals surface area (Å²) in [6, 6.07) is 15.4. The number of benzene rings is 1. The Bertz CT molecular complexity index is 1240. The van der Waals surface area contributed by atoms with Crippen molar-refractivity contribution in [2.45, 2.75) is 51.4 Å². The molecule has 2 aromatic heterocycles. The second-order valence-electron chi connectivity index (χ2n) is 9.53. The molecule has 3 atom stereocenters. The van der Waals surface area contributed by atoms with Gasteiger partial charge in [-0.25, -0.2) is 0 Å². The Morgan fingerprint density at radius 1 is 1.28 bits per heavy atom. The quantitative estimate of drug-likeness (QED) is 0.399. The lowest BCUT2D eigenvalue weighted by Crippen LogP contribution is -2.31. The van der Waals surface area contributed by atoms with Crippen molar-refractivity contribution in [2.75, 3.05) is 16.8 Å². The highest BCUT2D eigenvalue weighted by atomic mass is 35.5. The summed E-state index contributed by atoms with van der Waals surface area (Å²) in [5, 5.41) is 7.44. The summed E-state index contributed by atoms with van der Waals surface area (Å²) < 4.78 is 8.19. The number of nitrogens with zero attached hydrogens (tertiary/aromatic N) is 3. The van der Waals surface area contributed by atoms with E-state index in [0.717, 1.165) is 43.1 Å². The summed E-state index contributed by atoms with van der Waals surface area (Å²) in [6.07, 6.45) is 6.26. The lowest BCUT2D eigenvalue weighted by Gasteiger charge is -2.29. The van der Waals surface area contributed by atoms with Crippen LogP contribution in [0.3, 0.4) is 0 Å². The molecule has 2 saturated heterocycles. The molecule has 7 nitrogen and oxygen atoms in total. The van der Waals surface area contributed by atoms with E-state index in [4.69, 9.17) is 28.6 Å². The van der Waals surface area contributed by atoms with Crippen molar-refractivity contribution < 1.29 is 9.53 Å². The van der Waals surface area contributed by atoms with Crippen molar-refractivity contribution in [2.24, 2.45) is 5.92 Å². The Morgan fingerprint density at radius 3 is 2.83 bits per heavy atom. The molecule has 2 aliphatic heterocycles. The molecule has 0 aliphatic carbocycles. The van der Waals surface area contributed by atoms with Gasteiger partial charge in [0.2, 0.25) is 5.91 Å². The van der Waals surface area contributed by atoms with Crippen LogP contribution in [0.5, 0.6) is 0 Å². The highest BCUT2D eigenvalue weighted by Gasteiger charge is 2.42. The normalized spacial score (nSPS) is 21.7. The van der Waals surface area contributed by atoms with Gasteiger partial charge >= 0.3 is 0 Å². The minimum atomic E-state index is -0.157. The van der Waals surface area contributed by atoms with Crippen LogP contribution in [0.15, 0.2) is 60.9 Å². The van der Waals surface area contributed by atoms with Gasteiger partial charge in [0.1, 0.15) is 6.04 Å². The van der Waals surface area contributed by atoms with E-state index in [2.05, 4.69) is 43.4 Å². The molecule has 0 radical (unpaired) electrons. The van der Waals surface area contributed by atoms with Crippen LogP contribution in [0.2, 0.25) is 5.02 Å². The Balaban J connectivity index is 1.53. The van der Waals surface area contributed by atoms with Crippen molar-refractivity contribution in [3.05, 3.63) is 77.3 Å². The number of hydrogen-bond acceptors (Lipinski definition) is 4. The minimum Gasteiger partial charge on any atom is -0.376 e. The Hall–Kier alpha value is -2.94. The number of carbonyl (C=O) groups is 1. The Labute approximate surface area is 221 Å². The third kappa shape index (κ3) is 4.98. The molecule has 9 heteroatoms. The van der Waals surface area contributed by atoms with Crippen molar-refractivity contribution >= 4 is 46.2 Å². The number of carbonyl (C=O) groups excluding carboxylic acids is 1. The lowest BCUT2D eigenvalue weighted by atomic mass is 10.0. The van der Waals surface area contributed by atoms with E-state index >= 15 is 0 Å². The van der Waals surface area contributed by atoms with E-state index in [-0.39, 0.29) is 30.0 Å². The predicted octanol–water partition coefficient (Wildman–Crippen LogP) is 5.49. The molecule has 1 amide bonds. The average molecular weight is 524 g/mol. The third-order valence-electron chi connectivity index (χ3n) is 6.70. The highest BCUT2D eigenvalue weighted by Crippen LogP contribution is 2.43. The maximum absolute atomic E-state index is 12.2. The first kappa shape index (κ1) is 24.7. The van der Waals surface area contributed by atoms with E-state index in [1.54, 1.807) is 6.20 Å². The number of nitrogens with one attached hydrogen (secondary N) is 2. The van der Waals surface area contributed by atoms with Gasteiger partial charge in [0, 0.05) is 42.8 Å². The van der Waals surface area contributed by atoms with Gasteiger partial charge < -0.3 is 24.8 Å². The van der Waals surface area contributed by atoms with Crippen molar-refractivity contribution in [3.63, 3.8) is 0 Å². The average Bonchev–Trinajstić information content (AvgIpc) is 3.61. The summed E-state index contributed by atoms with van der Waals surface area (Å²) in [4.78, 5) is 18.9. The van der Waals surface area contributed by atoms with Crippen molar-refractivity contribution in [1.82, 2.24) is 14.9 Å². The Kier molecular flexibility index (Phi) is 7.27. The number of pyridine rings is 1. The van der Waals surface area contributed by atoms with Crippen LogP contribution < -0.4 is 15.5 Å². The third-order valence-corrected chi connectivity index (χ3v) is 7.33. The fourth-order valence-electron chi connectivity index (χ4n) is 4.84. The summed E-state index contributed by atoms with van der Waals surface area (Å²) >= 11 is 12.5. The van der Waals surface area contributed by atoms with Gasteiger partial charge in [-0.3, -0.25) is 9.78 Å². The number of aromatic nitrogens is 2. The fraction of sp³-hybridized carbons (Fsp3) is 0.370. The topological polar surface area (TPSA) is 71.4 Å². The number of thiocarbonyl (C=S) groups is 1. The highest BCUT2D eigenvalue weighted by molar-refractivity contribution is 7.80. The van der Waals surface area contributed by atoms with E-state index in [0.29, 0.717) is 15.8 Å². The molecule has 36 heavy (non-hydrogen) atoms. The molecule has 3 aromatic rings. The molecule has 0 spiro atoms. The van der Waals surface area contributed by atoms with Gasteiger partial charge in [0.15, 0.2) is 5.11 Å². The first-order valence-corrected chi connectivity index (χ1v) is 13.1. The molecule has 2 fully saturated rings. The molecule has 188 valence electrons. The molecule has 2 N–H and O–H groups in total. The van der Waals surface area contributed by atoms with Crippen LogP contribution in [0, 0.1) is 5.92 Å². The van der Waals surface area contributed by atoms with E-state index < -0.39 is 0 Å². The van der Waals surface area contributed by atoms with Crippen LogP contribution >= 0.6 is 23.8 Å². The maximum Gasteiger partial charge on any atom is 0.226 e. The predicted molar refractivity (Wildman–Crippen MR) is 146 cm³/mol. The molecule has 1 aromatic carbocycles. The second kappa shape index (κ2) is 10.6. The van der Waals surface area contributed by atoms with Gasteiger partial charge in [-0.2, -0.15) is 0 Å². The monoisotopic (exact) mass is 523 g/mol. The molecule has 0 saturated carbocycles.